The highest BCUT2D eigenvalue weighted by molar-refractivity contribution is 5.82. The number of unbranched alkanes of at least 4 members (excludes halogenated alkanes) is 5. The molecule has 5 nitrogen and oxygen atoms in total. The highest BCUT2D eigenvalue weighted by Crippen LogP contribution is 2.21. The van der Waals surface area contributed by atoms with Crippen LogP contribution >= 0.6 is 0 Å². The third kappa shape index (κ3) is 6.11. The monoisotopic (exact) mass is 447 g/mol. The standard InChI is InChI=1S/C28H39N4O/c1-6-7-8-9-10-14-21-32(4,5)26-19-17-24(18-20-26)22-29-27-23(2)30(3)31(28(27)33)25-15-12-11-13-16-25/h11-13,15-20,22H,6-10,14,21H2,1-5H3/q+1. The molecule has 0 bridgehead atoms. The maximum Gasteiger partial charge on any atom is 0.297 e. The molecule has 0 N–H and O–H groups in total. The van der Waals surface area contributed by atoms with Crippen molar-refractivity contribution in [3.05, 3.63) is 76.2 Å². The summed E-state index contributed by atoms with van der Waals surface area (Å²) in [5, 5.41) is 0. The zero-order valence-electron chi connectivity index (χ0n) is 20.9. The average molecular weight is 448 g/mol. The summed E-state index contributed by atoms with van der Waals surface area (Å²) in [4.78, 5) is 17.6. The number of quaternary nitrogens is 1. The van der Waals surface area contributed by atoms with Crippen LogP contribution in [0, 0.1) is 6.92 Å². The number of hydrogen-bond donors (Lipinski definition) is 0. The molecule has 0 radical (unpaired) electrons. The molecule has 0 unspecified atom stereocenters. The molecule has 0 aliphatic heterocycles. The molecule has 5 heteroatoms. The van der Waals surface area contributed by atoms with Crippen molar-refractivity contribution in [2.75, 3.05) is 20.6 Å². The normalized spacial score (nSPS) is 12.0. The van der Waals surface area contributed by atoms with Crippen molar-refractivity contribution in [1.82, 2.24) is 13.8 Å². The van der Waals surface area contributed by atoms with E-state index >= 15 is 0 Å². The van der Waals surface area contributed by atoms with Crippen molar-refractivity contribution >= 4 is 17.6 Å². The van der Waals surface area contributed by atoms with Gasteiger partial charge in [0, 0.05) is 13.3 Å². The number of para-hydroxylation sites is 1. The predicted octanol–water partition coefficient (Wildman–Crippen LogP) is 6.16. The summed E-state index contributed by atoms with van der Waals surface area (Å²) in [6.07, 6.45) is 9.69. The maximum absolute atomic E-state index is 13.0. The summed E-state index contributed by atoms with van der Waals surface area (Å²) < 4.78 is 4.40. The molecular weight excluding hydrogens is 408 g/mol. The van der Waals surface area contributed by atoms with Gasteiger partial charge in [-0.05, 0) is 61.7 Å². The fraction of sp³-hybridized carbons (Fsp3) is 0.429. The van der Waals surface area contributed by atoms with Crippen LogP contribution in [0.2, 0.25) is 0 Å². The van der Waals surface area contributed by atoms with Crippen LogP contribution in [-0.2, 0) is 7.05 Å². The first-order valence-corrected chi connectivity index (χ1v) is 12.2. The molecule has 0 aliphatic rings. The molecule has 1 aromatic heterocycles. The minimum absolute atomic E-state index is 0.106. The van der Waals surface area contributed by atoms with Crippen molar-refractivity contribution < 1.29 is 0 Å². The summed E-state index contributed by atoms with van der Waals surface area (Å²) in [7, 11) is 6.43. The lowest BCUT2D eigenvalue weighted by Crippen LogP contribution is -2.41. The second-order valence-corrected chi connectivity index (χ2v) is 9.44. The van der Waals surface area contributed by atoms with E-state index in [9.17, 15) is 4.79 Å². The Bertz CT molecular complexity index is 1110. The Morgan fingerprint density at radius 3 is 2.21 bits per heavy atom. The minimum atomic E-state index is -0.106. The topological polar surface area (TPSA) is 39.3 Å². The second kappa shape index (κ2) is 11.3. The van der Waals surface area contributed by atoms with E-state index < -0.39 is 0 Å². The van der Waals surface area contributed by atoms with Crippen molar-refractivity contribution in [3.8, 4) is 5.69 Å². The van der Waals surface area contributed by atoms with Crippen LogP contribution in [0.3, 0.4) is 0 Å². The molecule has 0 fully saturated rings. The minimum Gasteiger partial charge on any atom is -0.296 e. The van der Waals surface area contributed by atoms with Crippen molar-refractivity contribution in [2.24, 2.45) is 12.0 Å². The molecule has 0 spiro atoms. The number of rotatable bonds is 11. The first kappa shape index (κ1) is 24.7. The Morgan fingerprint density at radius 1 is 0.909 bits per heavy atom. The van der Waals surface area contributed by atoms with Crippen LogP contribution < -0.4 is 10.0 Å². The smallest absolute Gasteiger partial charge is 0.296 e. The summed E-state index contributed by atoms with van der Waals surface area (Å²) in [6.45, 7) is 5.33. The lowest BCUT2D eigenvalue weighted by molar-refractivity contribution is 0.381. The fourth-order valence-corrected chi connectivity index (χ4v) is 4.22. The van der Waals surface area contributed by atoms with Gasteiger partial charge in [-0.15, -0.1) is 0 Å². The number of aliphatic imine (C=N–C) groups is 1. The highest BCUT2D eigenvalue weighted by atomic mass is 16.1. The average Bonchev–Trinajstić information content (AvgIpc) is 3.03. The van der Waals surface area contributed by atoms with Gasteiger partial charge in [-0.3, -0.25) is 14.0 Å². The van der Waals surface area contributed by atoms with Gasteiger partial charge in [0.25, 0.3) is 5.56 Å². The van der Waals surface area contributed by atoms with Crippen molar-refractivity contribution in [2.45, 2.75) is 52.4 Å². The van der Waals surface area contributed by atoms with E-state index in [2.05, 4.69) is 50.3 Å². The van der Waals surface area contributed by atoms with E-state index in [1.807, 2.05) is 49.0 Å². The molecule has 0 saturated heterocycles. The predicted molar refractivity (Wildman–Crippen MR) is 141 cm³/mol. The molecule has 0 aliphatic carbocycles. The Hall–Kier alpha value is -2.92. The van der Waals surface area contributed by atoms with Gasteiger partial charge in [0.05, 0.1) is 32.0 Å². The number of aromatic nitrogens is 2. The van der Waals surface area contributed by atoms with Gasteiger partial charge in [-0.2, -0.15) is 0 Å². The number of benzene rings is 2. The molecule has 3 rings (SSSR count). The lowest BCUT2D eigenvalue weighted by atomic mass is 10.1. The van der Waals surface area contributed by atoms with Crippen LogP contribution in [-0.4, -0.2) is 36.2 Å². The molecule has 0 atom stereocenters. The van der Waals surface area contributed by atoms with Crippen LogP contribution in [0.1, 0.15) is 56.7 Å². The Balaban J connectivity index is 1.69. The van der Waals surface area contributed by atoms with Gasteiger partial charge in [-0.1, -0.05) is 50.8 Å². The van der Waals surface area contributed by atoms with Crippen LogP contribution in [0.5, 0.6) is 0 Å². The Labute approximate surface area is 198 Å². The molecule has 3 aromatic rings. The van der Waals surface area contributed by atoms with Crippen molar-refractivity contribution in [3.63, 3.8) is 0 Å². The zero-order valence-corrected chi connectivity index (χ0v) is 20.9. The van der Waals surface area contributed by atoms with Crippen LogP contribution in [0.25, 0.3) is 5.69 Å². The van der Waals surface area contributed by atoms with E-state index in [1.54, 1.807) is 10.9 Å². The zero-order chi connectivity index (χ0) is 23.8. The molecule has 2 aromatic carbocycles. The van der Waals surface area contributed by atoms with Crippen LogP contribution in [0.4, 0.5) is 11.4 Å². The SMILES string of the molecule is CCCCCCCC[N+](C)(C)c1ccc(C=Nc2c(C)n(C)n(-c3ccccc3)c2=O)cc1. The van der Waals surface area contributed by atoms with E-state index in [-0.39, 0.29) is 5.56 Å². The first-order valence-electron chi connectivity index (χ1n) is 12.2. The number of nitrogens with zero attached hydrogens (tertiary/aromatic N) is 4. The largest absolute Gasteiger partial charge is 0.297 e. The van der Waals surface area contributed by atoms with E-state index in [4.69, 9.17) is 0 Å². The molecule has 0 amide bonds. The molecular formula is C28H39N4O+. The van der Waals surface area contributed by atoms with Crippen molar-refractivity contribution in [1.29, 1.82) is 0 Å². The maximum atomic E-state index is 13.0. The van der Waals surface area contributed by atoms with Gasteiger partial charge in [0.2, 0.25) is 0 Å². The van der Waals surface area contributed by atoms with Gasteiger partial charge in [0.1, 0.15) is 5.69 Å². The summed E-state index contributed by atoms with van der Waals surface area (Å²) in [6, 6.07) is 18.2. The first-order chi connectivity index (χ1) is 15.8. The van der Waals surface area contributed by atoms with Gasteiger partial charge in [-0.25, -0.2) is 9.67 Å². The second-order valence-electron chi connectivity index (χ2n) is 9.44. The van der Waals surface area contributed by atoms with E-state index in [0.717, 1.165) is 28.0 Å². The number of hydrogen-bond acceptors (Lipinski definition) is 2. The summed E-state index contributed by atoms with van der Waals surface area (Å²) >= 11 is 0. The van der Waals surface area contributed by atoms with Gasteiger partial charge in [0.15, 0.2) is 5.69 Å². The molecule has 1 heterocycles. The fourth-order valence-electron chi connectivity index (χ4n) is 4.22. The van der Waals surface area contributed by atoms with E-state index in [1.165, 1.54) is 44.2 Å². The Morgan fingerprint density at radius 2 is 1.55 bits per heavy atom. The quantitative estimate of drug-likeness (QED) is 0.197. The Kier molecular flexibility index (Phi) is 8.45. The highest BCUT2D eigenvalue weighted by Gasteiger charge is 2.18. The lowest BCUT2D eigenvalue weighted by Gasteiger charge is -2.29. The third-order valence-corrected chi connectivity index (χ3v) is 6.53. The summed E-state index contributed by atoms with van der Waals surface area (Å²) in [5.41, 5.74) is 4.34. The van der Waals surface area contributed by atoms with Crippen LogP contribution in [0.15, 0.2) is 64.4 Å². The van der Waals surface area contributed by atoms with Gasteiger partial charge < -0.3 is 0 Å². The molecule has 33 heavy (non-hydrogen) atoms. The van der Waals surface area contributed by atoms with Gasteiger partial charge >= 0.3 is 0 Å². The molecule has 0 saturated carbocycles. The third-order valence-electron chi connectivity index (χ3n) is 6.53. The summed E-state index contributed by atoms with van der Waals surface area (Å²) in [5.74, 6) is 0. The van der Waals surface area contributed by atoms with E-state index in [0.29, 0.717) is 5.69 Å². The molecule has 176 valence electrons.